The highest BCUT2D eigenvalue weighted by Crippen LogP contribution is 2.31. The number of hydrogen-bond acceptors (Lipinski definition) is 7. The lowest BCUT2D eigenvalue weighted by atomic mass is 10.0. The number of anilines is 1. The number of benzene rings is 1. The largest absolute Gasteiger partial charge is 0.493 e. The van der Waals surface area contributed by atoms with Crippen LogP contribution in [0.25, 0.3) is 0 Å². The maximum atomic E-state index is 11.9. The first-order valence-corrected chi connectivity index (χ1v) is 10.3. The summed E-state index contributed by atoms with van der Waals surface area (Å²) in [4.78, 5) is 16.6. The predicted octanol–water partition coefficient (Wildman–Crippen LogP) is 2.11. The molecule has 8 heteroatoms. The minimum absolute atomic E-state index is 0.146. The van der Waals surface area contributed by atoms with Gasteiger partial charge >= 0.3 is 0 Å². The lowest BCUT2D eigenvalue weighted by Crippen LogP contribution is -2.47. The molecule has 2 aliphatic rings. The topological polar surface area (TPSA) is 70.6 Å². The molecule has 7 nitrogen and oxygen atoms in total. The van der Waals surface area contributed by atoms with E-state index in [2.05, 4.69) is 50.4 Å². The Balaban J connectivity index is 1.36. The molecule has 0 aliphatic carbocycles. The van der Waals surface area contributed by atoms with Gasteiger partial charge < -0.3 is 15.0 Å². The number of hydrogen-bond donors (Lipinski definition) is 1. The molecule has 2 aliphatic heterocycles. The van der Waals surface area contributed by atoms with Crippen LogP contribution in [0, 0.1) is 0 Å². The van der Waals surface area contributed by atoms with Crippen molar-refractivity contribution in [2.45, 2.75) is 26.3 Å². The lowest BCUT2D eigenvalue weighted by molar-refractivity contribution is 0.0954. The van der Waals surface area contributed by atoms with Gasteiger partial charge in [0, 0.05) is 45.2 Å². The molecule has 1 atom stereocenters. The van der Waals surface area contributed by atoms with Gasteiger partial charge in [-0.1, -0.05) is 23.5 Å². The summed E-state index contributed by atoms with van der Waals surface area (Å²) in [5.41, 5.74) is 2.62. The van der Waals surface area contributed by atoms with Crippen LogP contribution >= 0.6 is 11.3 Å². The van der Waals surface area contributed by atoms with Crippen molar-refractivity contribution in [1.29, 1.82) is 0 Å². The van der Waals surface area contributed by atoms with E-state index in [1.54, 1.807) is 0 Å². The summed E-state index contributed by atoms with van der Waals surface area (Å²) in [6.45, 7) is 9.22. The highest BCUT2D eigenvalue weighted by atomic mass is 32.1. The van der Waals surface area contributed by atoms with E-state index in [0.717, 1.165) is 50.1 Å². The second kappa shape index (κ2) is 7.82. The van der Waals surface area contributed by atoms with E-state index >= 15 is 0 Å². The van der Waals surface area contributed by atoms with Gasteiger partial charge in [0.25, 0.3) is 5.91 Å². The van der Waals surface area contributed by atoms with Crippen LogP contribution in [0.5, 0.6) is 5.75 Å². The molecule has 0 bridgehead atoms. The molecule has 144 valence electrons. The van der Waals surface area contributed by atoms with Gasteiger partial charge in [-0.25, -0.2) is 0 Å². The Labute approximate surface area is 163 Å². The van der Waals surface area contributed by atoms with Crippen LogP contribution < -0.4 is 15.0 Å². The van der Waals surface area contributed by atoms with Crippen LogP contribution in [0.1, 0.15) is 40.8 Å². The standard InChI is InChI=1S/C19H25N5O2S/c1-3-20-17(25)18-21-22-19(27-18)24-9-7-23(8-10-24)13(2)15-5-4-14-6-11-26-16(14)12-15/h4-5,12-13H,3,6-11H2,1-2H3,(H,20,25). The van der Waals surface area contributed by atoms with Gasteiger partial charge in [0.15, 0.2) is 0 Å². The average Bonchev–Trinajstić information content (AvgIpc) is 3.36. The van der Waals surface area contributed by atoms with E-state index in [9.17, 15) is 4.79 Å². The van der Waals surface area contributed by atoms with Crippen molar-refractivity contribution in [2.75, 3.05) is 44.2 Å². The smallest absolute Gasteiger partial charge is 0.282 e. The number of fused-ring (bicyclic) bond motifs is 1. The molecule has 1 fully saturated rings. The predicted molar refractivity (Wildman–Crippen MR) is 106 cm³/mol. The Hall–Kier alpha value is -2.19. The summed E-state index contributed by atoms with van der Waals surface area (Å²) in [5, 5.41) is 12.3. The Morgan fingerprint density at radius 1 is 1.30 bits per heavy atom. The zero-order valence-electron chi connectivity index (χ0n) is 15.8. The molecule has 1 amide bonds. The maximum absolute atomic E-state index is 11.9. The highest BCUT2D eigenvalue weighted by molar-refractivity contribution is 7.17. The second-order valence-electron chi connectivity index (χ2n) is 6.91. The number of amides is 1. The van der Waals surface area contributed by atoms with Crippen LogP contribution in [-0.4, -0.2) is 60.3 Å². The lowest BCUT2D eigenvalue weighted by Gasteiger charge is -2.38. The van der Waals surface area contributed by atoms with Crippen molar-refractivity contribution in [3.05, 3.63) is 34.3 Å². The first-order chi connectivity index (χ1) is 13.2. The molecule has 3 heterocycles. The summed E-state index contributed by atoms with van der Waals surface area (Å²) in [6.07, 6.45) is 1.02. The molecule has 1 aromatic heterocycles. The minimum atomic E-state index is -0.146. The third kappa shape index (κ3) is 3.77. The van der Waals surface area contributed by atoms with E-state index in [0.29, 0.717) is 17.6 Å². The number of nitrogens with zero attached hydrogens (tertiary/aromatic N) is 4. The van der Waals surface area contributed by atoms with E-state index in [1.807, 2.05) is 6.92 Å². The summed E-state index contributed by atoms with van der Waals surface area (Å²) in [7, 11) is 0. The first kappa shape index (κ1) is 18.2. The summed E-state index contributed by atoms with van der Waals surface area (Å²) in [5.74, 6) is 0.900. The Morgan fingerprint density at radius 2 is 2.11 bits per heavy atom. The first-order valence-electron chi connectivity index (χ1n) is 9.52. The zero-order valence-corrected chi connectivity index (χ0v) is 16.6. The molecule has 4 rings (SSSR count). The van der Waals surface area contributed by atoms with Gasteiger partial charge in [-0.05, 0) is 31.0 Å². The molecule has 2 aromatic rings. The van der Waals surface area contributed by atoms with Crippen molar-refractivity contribution < 1.29 is 9.53 Å². The molecular weight excluding hydrogens is 362 g/mol. The summed E-state index contributed by atoms with van der Waals surface area (Å²) in [6, 6.07) is 6.98. The fourth-order valence-electron chi connectivity index (χ4n) is 3.63. The number of aromatic nitrogens is 2. The van der Waals surface area contributed by atoms with E-state index in [4.69, 9.17) is 4.74 Å². The van der Waals surface area contributed by atoms with E-state index in [-0.39, 0.29) is 5.91 Å². The zero-order chi connectivity index (χ0) is 18.8. The van der Waals surface area contributed by atoms with Gasteiger partial charge in [-0.2, -0.15) is 0 Å². The Morgan fingerprint density at radius 3 is 2.89 bits per heavy atom. The van der Waals surface area contributed by atoms with Crippen molar-refractivity contribution in [1.82, 2.24) is 20.4 Å². The van der Waals surface area contributed by atoms with Crippen LogP contribution in [0.2, 0.25) is 0 Å². The molecule has 1 aromatic carbocycles. The molecule has 1 saturated heterocycles. The quantitative estimate of drug-likeness (QED) is 0.847. The molecule has 0 saturated carbocycles. The number of nitrogens with one attached hydrogen (secondary N) is 1. The molecule has 27 heavy (non-hydrogen) atoms. The third-order valence-electron chi connectivity index (χ3n) is 5.28. The number of carbonyl (C=O) groups is 1. The van der Waals surface area contributed by atoms with Gasteiger partial charge in [-0.15, -0.1) is 10.2 Å². The van der Waals surface area contributed by atoms with Gasteiger partial charge in [0.1, 0.15) is 5.75 Å². The normalized spacial score (nSPS) is 18.1. The molecular formula is C19H25N5O2S. The fourth-order valence-corrected chi connectivity index (χ4v) is 4.44. The number of rotatable bonds is 5. The van der Waals surface area contributed by atoms with Gasteiger partial charge in [0.05, 0.1) is 6.61 Å². The van der Waals surface area contributed by atoms with Crippen molar-refractivity contribution >= 4 is 22.4 Å². The van der Waals surface area contributed by atoms with Crippen LogP contribution in [0.3, 0.4) is 0 Å². The van der Waals surface area contributed by atoms with Crippen molar-refractivity contribution in [3.8, 4) is 5.75 Å². The van der Waals surface area contributed by atoms with Crippen molar-refractivity contribution in [2.24, 2.45) is 0 Å². The molecule has 1 unspecified atom stereocenters. The highest BCUT2D eigenvalue weighted by Gasteiger charge is 2.25. The molecule has 1 N–H and O–H groups in total. The van der Waals surface area contributed by atoms with Gasteiger partial charge in [-0.3, -0.25) is 9.69 Å². The van der Waals surface area contributed by atoms with Crippen LogP contribution in [0.15, 0.2) is 18.2 Å². The van der Waals surface area contributed by atoms with E-state index < -0.39 is 0 Å². The van der Waals surface area contributed by atoms with Gasteiger partial charge in [0.2, 0.25) is 10.1 Å². The second-order valence-corrected chi connectivity index (χ2v) is 7.87. The molecule has 0 radical (unpaired) electrons. The summed E-state index contributed by atoms with van der Waals surface area (Å²) >= 11 is 1.36. The van der Waals surface area contributed by atoms with Crippen molar-refractivity contribution in [3.63, 3.8) is 0 Å². The average molecular weight is 388 g/mol. The minimum Gasteiger partial charge on any atom is -0.493 e. The van der Waals surface area contributed by atoms with E-state index in [1.165, 1.54) is 22.5 Å². The fraction of sp³-hybridized carbons (Fsp3) is 0.526. The monoisotopic (exact) mass is 387 g/mol. The molecule has 0 spiro atoms. The number of piperazine rings is 1. The number of ether oxygens (including phenoxy) is 1. The third-order valence-corrected chi connectivity index (χ3v) is 6.26. The Bertz CT molecular complexity index is 816. The number of carbonyl (C=O) groups excluding carboxylic acids is 1. The van der Waals surface area contributed by atoms with Crippen LogP contribution in [0.4, 0.5) is 5.13 Å². The Kier molecular flexibility index (Phi) is 5.27. The maximum Gasteiger partial charge on any atom is 0.282 e. The SMILES string of the molecule is CCNC(=O)c1nnc(N2CCN(C(C)c3ccc4c(c3)OCC4)CC2)s1. The van der Waals surface area contributed by atoms with Crippen LogP contribution in [-0.2, 0) is 6.42 Å². The summed E-state index contributed by atoms with van der Waals surface area (Å²) < 4.78 is 5.72.